The SMILES string of the molecule is CCC(CC)N1CCCNC(C2CCCCC2)C1. The first-order chi connectivity index (χ1) is 8.85. The van der Waals surface area contributed by atoms with Crippen molar-refractivity contribution in [3.05, 3.63) is 0 Å². The Kier molecular flexibility index (Phi) is 5.97. The number of nitrogens with one attached hydrogen (secondary N) is 1. The van der Waals surface area contributed by atoms with Gasteiger partial charge in [-0.25, -0.2) is 0 Å². The van der Waals surface area contributed by atoms with Crippen LogP contribution in [-0.2, 0) is 0 Å². The van der Waals surface area contributed by atoms with Gasteiger partial charge in [0.2, 0.25) is 0 Å². The molecule has 1 aliphatic heterocycles. The normalized spacial score (nSPS) is 28.5. The first kappa shape index (κ1) is 14.3. The van der Waals surface area contributed by atoms with E-state index >= 15 is 0 Å². The third-order valence-electron chi connectivity index (χ3n) is 5.14. The predicted octanol–water partition coefficient (Wildman–Crippen LogP) is 3.42. The monoisotopic (exact) mass is 252 g/mol. The van der Waals surface area contributed by atoms with Crippen LogP contribution >= 0.6 is 0 Å². The maximum absolute atomic E-state index is 3.84. The third kappa shape index (κ3) is 3.71. The number of nitrogens with zero attached hydrogens (tertiary/aromatic N) is 1. The molecular weight excluding hydrogens is 220 g/mol. The van der Waals surface area contributed by atoms with E-state index in [1.165, 1.54) is 71.0 Å². The zero-order valence-electron chi connectivity index (χ0n) is 12.5. The van der Waals surface area contributed by atoms with Crippen LogP contribution in [-0.4, -0.2) is 36.6 Å². The van der Waals surface area contributed by atoms with Crippen molar-refractivity contribution in [3.8, 4) is 0 Å². The topological polar surface area (TPSA) is 15.3 Å². The lowest BCUT2D eigenvalue weighted by atomic mass is 9.83. The van der Waals surface area contributed by atoms with E-state index < -0.39 is 0 Å². The van der Waals surface area contributed by atoms with Gasteiger partial charge >= 0.3 is 0 Å². The first-order valence-electron chi connectivity index (χ1n) is 8.32. The molecule has 2 heteroatoms. The highest BCUT2D eigenvalue weighted by atomic mass is 15.2. The Morgan fingerprint density at radius 1 is 1.06 bits per heavy atom. The maximum Gasteiger partial charge on any atom is 0.0223 e. The van der Waals surface area contributed by atoms with Gasteiger partial charge in [-0.1, -0.05) is 33.1 Å². The summed E-state index contributed by atoms with van der Waals surface area (Å²) in [6, 6.07) is 1.59. The Labute approximate surface area is 114 Å². The van der Waals surface area contributed by atoms with Crippen LogP contribution in [0.25, 0.3) is 0 Å². The molecule has 0 aromatic heterocycles. The summed E-state index contributed by atoms with van der Waals surface area (Å²) in [5.41, 5.74) is 0. The molecule has 2 rings (SSSR count). The summed E-state index contributed by atoms with van der Waals surface area (Å²) >= 11 is 0. The molecule has 0 spiro atoms. The summed E-state index contributed by atoms with van der Waals surface area (Å²) in [7, 11) is 0. The molecule has 1 saturated heterocycles. The molecule has 0 bridgehead atoms. The summed E-state index contributed by atoms with van der Waals surface area (Å²) in [6.07, 6.45) is 11.3. The number of hydrogen-bond donors (Lipinski definition) is 1. The predicted molar refractivity (Wildman–Crippen MR) is 78.9 cm³/mol. The number of rotatable bonds is 4. The smallest absolute Gasteiger partial charge is 0.0223 e. The van der Waals surface area contributed by atoms with E-state index in [2.05, 4.69) is 24.1 Å². The van der Waals surface area contributed by atoms with Gasteiger partial charge in [0.05, 0.1) is 0 Å². The van der Waals surface area contributed by atoms with E-state index in [1.54, 1.807) is 0 Å². The Morgan fingerprint density at radius 3 is 2.44 bits per heavy atom. The minimum absolute atomic E-state index is 0.772. The van der Waals surface area contributed by atoms with Crippen molar-refractivity contribution in [1.82, 2.24) is 10.2 Å². The summed E-state index contributed by atoms with van der Waals surface area (Å²) in [5.74, 6) is 0.953. The molecule has 106 valence electrons. The van der Waals surface area contributed by atoms with Crippen LogP contribution in [0, 0.1) is 5.92 Å². The molecule has 18 heavy (non-hydrogen) atoms. The zero-order chi connectivity index (χ0) is 12.8. The Morgan fingerprint density at radius 2 is 1.78 bits per heavy atom. The average molecular weight is 252 g/mol. The van der Waals surface area contributed by atoms with Gasteiger partial charge in [0, 0.05) is 18.6 Å². The van der Waals surface area contributed by atoms with Crippen molar-refractivity contribution < 1.29 is 0 Å². The second kappa shape index (κ2) is 7.49. The molecule has 1 saturated carbocycles. The summed E-state index contributed by atoms with van der Waals surface area (Å²) in [4.78, 5) is 2.78. The highest BCUT2D eigenvalue weighted by molar-refractivity contribution is 4.86. The van der Waals surface area contributed by atoms with Crippen molar-refractivity contribution in [2.45, 2.75) is 77.3 Å². The molecule has 2 nitrogen and oxygen atoms in total. The number of hydrogen-bond acceptors (Lipinski definition) is 2. The second-order valence-corrected chi connectivity index (χ2v) is 6.28. The molecule has 1 atom stereocenters. The molecule has 1 N–H and O–H groups in total. The fourth-order valence-corrected chi connectivity index (χ4v) is 3.97. The fourth-order valence-electron chi connectivity index (χ4n) is 3.97. The lowest BCUT2D eigenvalue weighted by Gasteiger charge is -2.36. The van der Waals surface area contributed by atoms with Crippen molar-refractivity contribution in [3.63, 3.8) is 0 Å². The molecule has 0 amide bonds. The van der Waals surface area contributed by atoms with Gasteiger partial charge in [-0.2, -0.15) is 0 Å². The summed E-state index contributed by atoms with van der Waals surface area (Å²) < 4.78 is 0. The lowest BCUT2D eigenvalue weighted by Crippen LogP contribution is -2.46. The minimum Gasteiger partial charge on any atom is -0.312 e. The van der Waals surface area contributed by atoms with E-state index in [0.717, 1.165) is 18.0 Å². The van der Waals surface area contributed by atoms with Crippen molar-refractivity contribution in [2.75, 3.05) is 19.6 Å². The molecule has 0 aromatic carbocycles. The minimum atomic E-state index is 0.772. The average Bonchev–Trinajstić information content (AvgIpc) is 2.67. The highest BCUT2D eigenvalue weighted by Crippen LogP contribution is 2.28. The van der Waals surface area contributed by atoms with Gasteiger partial charge < -0.3 is 5.32 Å². The third-order valence-corrected chi connectivity index (χ3v) is 5.14. The van der Waals surface area contributed by atoms with Gasteiger partial charge in [0.1, 0.15) is 0 Å². The Bertz CT molecular complexity index is 219. The van der Waals surface area contributed by atoms with Crippen LogP contribution in [0.15, 0.2) is 0 Å². The van der Waals surface area contributed by atoms with Crippen LogP contribution in [0.1, 0.15) is 65.2 Å². The van der Waals surface area contributed by atoms with Crippen molar-refractivity contribution in [1.29, 1.82) is 0 Å². The lowest BCUT2D eigenvalue weighted by molar-refractivity contribution is 0.154. The Balaban J connectivity index is 1.93. The van der Waals surface area contributed by atoms with Gasteiger partial charge in [-0.05, 0) is 51.1 Å². The van der Waals surface area contributed by atoms with Gasteiger partial charge in [0.15, 0.2) is 0 Å². The van der Waals surface area contributed by atoms with Crippen LogP contribution in [0.4, 0.5) is 0 Å². The molecular formula is C16H32N2. The Hall–Kier alpha value is -0.0800. The highest BCUT2D eigenvalue weighted by Gasteiger charge is 2.28. The molecule has 2 aliphatic rings. The molecule has 2 fully saturated rings. The summed E-state index contributed by atoms with van der Waals surface area (Å²) in [6.45, 7) is 8.54. The first-order valence-corrected chi connectivity index (χ1v) is 8.32. The molecule has 0 aromatic rings. The van der Waals surface area contributed by atoms with Crippen LogP contribution in [0.3, 0.4) is 0 Å². The quantitative estimate of drug-likeness (QED) is 0.825. The van der Waals surface area contributed by atoms with Crippen LogP contribution < -0.4 is 5.32 Å². The fraction of sp³-hybridized carbons (Fsp3) is 1.00. The molecule has 1 aliphatic carbocycles. The van der Waals surface area contributed by atoms with E-state index in [-0.39, 0.29) is 0 Å². The standard InChI is InChI=1S/C16H32N2/c1-3-15(4-2)18-12-8-11-17-16(13-18)14-9-6-5-7-10-14/h14-17H,3-13H2,1-2H3. The molecule has 0 radical (unpaired) electrons. The molecule has 1 heterocycles. The zero-order valence-corrected chi connectivity index (χ0v) is 12.5. The van der Waals surface area contributed by atoms with Crippen molar-refractivity contribution >= 4 is 0 Å². The van der Waals surface area contributed by atoms with Gasteiger partial charge in [-0.3, -0.25) is 4.90 Å². The second-order valence-electron chi connectivity index (χ2n) is 6.28. The van der Waals surface area contributed by atoms with Gasteiger partial charge in [-0.15, -0.1) is 0 Å². The van der Waals surface area contributed by atoms with Gasteiger partial charge in [0.25, 0.3) is 0 Å². The maximum atomic E-state index is 3.84. The van der Waals surface area contributed by atoms with Crippen molar-refractivity contribution in [2.24, 2.45) is 5.92 Å². The molecule has 1 unspecified atom stereocenters. The van der Waals surface area contributed by atoms with E-state index in [9.17, 15) is 0 Å². The van der Waals surface area contributed by atoms with E-state index in [1.807, 2.05) is 0 Å². The van der Waals surface area contributed by atoms with E-state index in [0.29, 0.717) is 0 Å². The summed E-state index contributed by atoms with van der Waals surface area (Å²) in [5, 5.41) is 3.84. The van der Waals surface area contributed by atoms with E-state index in [4.69, 9.17) is 0 Å². The van der Waals surface area contributed by atoms with Crippen LogP contribution in [0.2, 0.25) is 0 Å². The largest absolute Gasteiger partial charge is 0.312 e. The van der Waals surface area contributed by atoms with Crippen LogP contribution in [0.5, 0.6) is 0 Å².